The van der Waals surface area contributed by atoms with Gasteiger partial charge in [0.1, 0.15) is 5.82 Å². The number of carbonyl (C=O) groups is 1. The lowest BCUT2D eigenvalue weighted by Gasteiger charge is -2.17. The predicted octanol–water partition coefficient (Wildman–Crippen LogP) is 5.84. The van der Waals surface area contributed by atoms with Crippen LogP contribution in [0.3, 0.4) is 0 Å². The molecule has 0 radical (unpaired) electrons. The average molecular weight is 647 g/mol. The summed E-state index contributed by atoms with van der Waals surface area (Å²) < 4.78 is 86.5. The summed E-state index contributed by atoms with van der Waals surface area (Å²) in [4.78, 5) is 12.9. The van der Waals surface area contributed by atoms with Gasteiger partial charge in [0, 0.05) is 16.0 Å². The third-order valence-electron chi connectivity index (χ3n) is 5.74. The summed E-state index contributed by atoms with van der Waals surface area (Å²) in [5, 5.41) is 5.19. The normalized spacial score (nSPS) is 13.4. The number of amides is 1. The molecular weight excluding hydrogens is 625 g/mol. The van der Waals surface area contributed by atoms with Gasteiger partial charge in [0.25, 0.3) is 5.91 Å². The minimum Gasteiger partial charge on any atom is -0.350 e. The van der Waals surface area contributed by atoms with Crippen LogP contribution in [0, 0.1) is 26.8 Å². The highest BCUT2D eigenvalue weighted by Crippen LogP contribution is 2.33. The van der Waals surface area contributed by atoms with Crippen LogP contribution in [0.5, 0.6) is 0 Å². The van der Waals surface area contributed by atoms with Crippen LogP contribution < -0.4 is 15.4 Å². The maximum absolute atomic E-state index is 15.4. The number of hydrogen-bond donors (Lipinski definition) is 3. The van der Waals surface area contributed by atoms with Crippen LogP contribution in [-0.4, -0.2) is 26.1 Å². The monoisotopic (exact) mass is 647 g/mol. The Kier molecular flexibility index (Phi) is 7.97. The minimum absolute atomic E-state index is 0.104. The summed E-state index contributed by atoms with van der Waals surface area (Å²) in [6, 6.07) is 8.95. The molecule has 0 aromatic heterocycles. The molecule has 0 bridgehead atoms. The Bertz CT molecular complexity index is 1480. The highest BCUT2D eigenvalue weighted by molar-refractivity contribution is 14.1. The van der Waals surface area contributed by atoms with Gasteiger partial charge in [-0.3, -0.25) is 9.52 Å². The fourth-order valence-electron chi connectivity index (χ4n) is 3.56. The van der Waals surface area contributed by atoms with Gasteiger partial charge >= 0.3 is 0 Å². The standard InChI is InChI=1S/C25H22F4IN3O3S/c1-2-37(35,36)33-20-5-3-4-13(21(20)27)10-14-11-17(25(34)31-16-7-8-16)24(23(29)22(14)28)32-19-9-6-15(30)12-18(19)26/h3-6,9,11-12,16,32-33H,2,7-8,10H2,1H3,(H,31,34). The van der Waals surface area contributed by atoms with Crippen molar-refractivity contribution in [3.8, 4) is 0 Å². The van der Waals surface area contributed by atoms with E-state index in [1.807, 2.05) is 22.6 Å². The molecule has 0 heterocycles. The zero-order chi connectivity index (χ0) is 26.9. The van der Waals surface area contributed by atoms with Crippen LogP contribution in [-0.2, 0) is 16.4 Å². The third kappa shape index (κ3) is 6.35. The van der Waals surface area contributed by atoms with Crippen LogP contribution >= 0.6 is 22.6 Å². The molecule has 1 aliphatic rings. The number of anilines is 3. The molecular formula is C25H22F4IN3O3S. The second kappa shape index (κ2) is 10.9. The molecule has 12 heteroatoms. The van der Waals surface area contributed by atoms with E-state index < -0.39 is 51.3 Å². The lowest BCUT2D eigenvalue weighted by molar-refractivity contribution is 0.0951. The Labute approximate surface area is 225 Å². The Hall–Kier alpha value is -2.87. The molecule has 4 rings (SSSR count). The SMILES string of the molecule is CCS(=O)(=O)Nc1cccc(Cc2cc(C(=O)NC3CC3)c(Nc3ccc(I)cc3F)c(F)c2F)c1F. The van der Waals surface area contributed by atoms with Crippen molar-refractivity contribution in [2.75, 3.05) is 15.8 Å². The molecule has 1 fully saturated rings. The van der Waals surface area contributed by atoms with Gasteiger partial charge in [0.05, 0.1) is 28.4 Å². The van der Waals surface area contributed by atoms with Gasteiger partial charge in [-0.05, 0) is 83.8 Å². The molecule has 1 amide bonds. The fourth-order valence-corrected chi connectivity index (χ4v) is 4.66. The molecule has 3 aromatic rings. The van der Waals surface area contributed by atoms with Crippen LogP contribution in [0.4, 0.5) is 34.6 Å². The van der Waals surface area contributed by atoms with Crippen molar-refractivity contribution >= 4 is 55.6 Å². The van der Waals surface area contributed by atoms with Crippen molar-refractivity contribution in [2.24, 2.45) is 0 Å². The first-order valence-corrected chi connectivity index (χ1v) is 14.0. The van der Waals surface area contributed by atoms with E-state index in [4.69, 9.17) is 0 Å². The fraction of sp³-hybridized carbons (Fsp3) is 0.240. The number of nitrogens with one attached hydrogen (secondary N) is 3. The van der Waals surface area contributed by atoms with Crippen LogP contribution in [0.25, 0.3) is 0 Å². The van der Waals surface area contributed by atoms with E-state index in [0.717, 1.165) is 18.9 Å². The lowest BCUT2D eigenvalue weighted by atomic mass is 9.99. The first-order valence-electron chi connectivity index (χ1n) is 11.3. The zero-order valence-corrected chi connectivity index (χ0v) is 22.4. The second-order valence-electron chi connectivity index (χ2n) is 8.54. The summed E-state index contributed by atoms with van der Waals surface area (Å²) in [5.74, 6) is -5.44. The number of rotatable bonds is 9. The van der Waals surface area contributed by atoms with Crippen molar-refractivity contribution < 1.29 is 30.8 Å². The molecule has 0 atom stereocenters. The van der Waals surface area contributed by atoms with Crippen molar-refractivity contribution in [2.45, 2.75) is 32.2 Å². The minimum atomic E-state index is -3.78. The molecule has 0 saturated heterocycles. The molecule has 0 spiro atoms. The molecule has 1 saturated carbocycles. The highest BCUT2D eigenvalue weighted by atomic mass is 127. The summed E-state index contributed by atoms with van der Waals surface area (Å²) in [7, 11) is -3.78. The highest BCUT2D eigenvalue weighted by Gasteiger charge is 2.29. The quantitative estimate of drug-likeness (QED) is 0.202. The Morgan fingerprint density at radius 1 is 0.973 bits per heavy atom. The zero-order valence-electron chi connectivity index (χ0n) is 19.5. The Morgan fingerprint density at radius 2 is 1.70 bits per heavy atom. The van der Waals surface area contributed by atoms with E-state index >= 15 is 13.2 Å². The van der Waals surface area contributed by atoms with Crippen LogP contribution in [0.1, 0.15) is 41.3 Å². The maximum atomic E-state index is 15.4. The molecule has 6 nitrogen and oxygen atoms in total. The topological polar surface area (TPSA) is 87.3 Å². The molecule has 196 valence electrons. The first-order chi connectivity index (χ1) is 17.5. The van der Waals surface area contributed by atoms with E-state index in [-0.39, 0.29) is 39.9 Å². The summed E-state index contributed by atoms with van der Waals surface area (Å²) in [6.07, 6.45) is 1.00. The Morgan fingerprint density at radius 3 is 2.35 bits per heavy atom. The number of halogens is 5. The van der Waals surface area contributed by atoms with E-state index in [9.17, 15) is 17.6 Å². The number of sulfonamides is 1. The summed E-state index contributed by atoms with van der Waals surface area (Å²) >= 11 is 1.90. The Balaban J connectivity index is 1.75. The van der Waals surface area contributed by atoms with Gasteiger partial charge in [0.2, 0.25) is 10.0 Å². The van der Waals surface area contributed by atoms with Gasteiger partial charge in [0.15, 0.2) is 17.5 Å². The second-order valence-corrected chi connectivity index (χ2v) is 11.8. The largest absolute Gasteiger partial charge is 0.350 e. The van der Waals surface area contributed by atoms with Crippen molar-refractivity contribution in [1.82, 2.24) is 5.32 Å². The van der Waals surface area contributed by atoms with E-state index in [0.29, 0.717) is 3.57 Å². The number of hydrogen-bond acceptors (Lipinski definition) is 4. The van der Waals surface area contributed by atoms with Gasteiger partial charge < -0.3 is 10.6 Å². The summed E-state index contributed by atoms with van der Waals surface area (Å²) in [6.45, 7) is 1.38. The van der Waals surface area contributed by atoms with E-state index in [1.54, 1.807) is 6.07 Å². The maximum Gasteiger partial charge on any atom is 0.253 e. The molecule has 1 aliphatic carbocycles. The summed E-state index contributed by atoms with van der Waals surface area (Å²) in [5.41, 5.74) is -1.77. The van der Waals surface area contributed by atoms with E-state index in [1.165, 1.54) is 37.3 Å². The number of carbonyl (C=O) groups excluding carboxylic acids is 1. The van der Waals surface area contributed by atoms with Gasteiger partial charge in [-0.1, -0.05) is 12.1 Å². The number of benzene rings is 3. The van der Waals surface area contributed by atoms with Crippen LogP contribution in [0.15, 0.2) is 42.5 Å². The molecule has 3 N–H and O–H groups in total. The first kappa shape index (κ1) is 27.2. The average Bonchev–Trinajstić information content (AvgIpc) is 3.66. The van der Waals surface area contributed by atoms with Crippen molar-refractivity contribution in [1.29, 1.82) is 0 Å². The third-order valence-corrected chi connectivity index (χ3v) is 7.70. The smallest absolute Gasteiger partial charge is 0.253 e. The van der Waals surface area contributed by atoms with E-state index in [2.05, 4.69) is 15.4 Å². The van der Waals surface area contributed by atoms with Crippen LogP contribution in [0.2, 0.25) is 0 Å². The van der Waals surface area contributed by atoms with Crippen molar-refractivity contribution in [3.63, 3.8) is 0 Å². The molecule has 0 unspecified atom stereocenters. The van der Waals surface area contributed by atoms with Gasteiger partial charge in [-0.15, -0.1) is 0 Å². The molecule has 3 aromatic carbocycles. The van der Waals surface area contributed by atoms with Gasteiger partial charge in [-0.2, -0.15) is 0 Å². The van der Waals surface area contributed by atoms with Gasteiger partial charge in [-0.25, -0.2) is 26.0 Å². The molecule has 0 aliphatic heterocycles. The lowest BCUT2D eigenvalue weighted by Crippen LogP contribution is -2.27. The predicted molar refractivity (Wildman–Crippen MR) is 142 cm³/mol. The van der Waals surface area contributed by atoms with Crippen molar-refractivity contribution in [3.05, 3.63) is 86.0 Å². The molecule has 37 heavy (non-hydrogen) atoms.